The van der Waals surface area contributed by atoms with Crippen molar-refractivity contribution in [2.75, 3.05) is 13.2 Å². The van der Waals surface area contributed by atoms with Crippen LogP contribution in [0.5, 0.6) is 0 Å². The van der Waals surface area contributed by atoms with Crippen molar-refractivity contribution in [3.63, 3.8) is 0 Å². The minimum atomic E-state index is -0.788. The Morgan fingerprint density at radius 3 is 0.847 bits per heavy atom. The van der Waals surface area contributed by atoms with Crippen LogP contribution < -0.4 is 0 Å². The highest BCUT2D eigenvalue weighted by Gasteiger charge is 2.19. The maximum atomic E-state index is 12.8. The third-order valence-electron chi connectivity index (χ3n) is 12.5. The van der Waals surface area contributed by atoms with E-state index in [1.807, 2.05) is 0 Å². The van der Waals surface area contributed by atoms with Crippen molar-refractivity contribution < 1.29 is 28.6 Å². The molecular weight excluding hydrogens is 889 g/mol. The molecule has 72 heavy (non-hydrogen) atoms. The molecular formula is C66H110O6. The van der Waals surface area contributed by atoms with Gasteiger partial charge in [0.05, 0.1) is 0 Å². The first-order chi connectivity index (χ1) is 35.5. The normalized spacial score (nSPS) is 12.9. The molecule has 0 saturated heterocycles. The summed E-state index contributed by atoms with van der Waals surface area (Å²) in [6.07, 6.45) is 80.9. The van der Waals surface area contributed by atoms with Gasteiger partial charge in [-0.15, -0.1) is 0 Å². The summed E-state index contributed by atoms with van der Waals surface area (Å²) in [5.41, 5.74) is 0. The Bertz CT molecular complexity index is 1470. The lowest BCUT2D eigenvalue weighted by Crippen LogP contribution is -2.30. The van der Waals surface area contributed by atoms with Crippen molar-refractivity contribution in [2.24, 2.45) is 0 Å². The standard InChI is InChI=1S/C66H110O6/c1-4-7-10-13-16-19-22-24-25-26-27-28-29-30-31-32-33-34-35-36-37-38-39-40-41-43-44-47-50-53-56-59-65(68)71-62-63(61-70-64(67)58-55-52-49-46-21-18-15-12-9-6-3)72-66(69)60-57-54-51-48-45-42-23-20-17-14-11-8-5-2/h7,10,16,19,24-25,27-28,30-31,33-34,36-37,39-40,43-44,63H,4-6,8-9,11-15,17-18,20-23,26,29,32,35,38,41-42,45-62H2,1-3H3/b10-7-,19-16-,25-24-,28-27-,31-30-,34-33-,37-36-,40-39-,44-43-. The van der Waals surface area contributed by atoms with Crippen LogP contribution in [0.1, 0.15) is 271 Å². The molecule has 0 N–H and O–H groups in total. The van der Waals surface area contributed by atoms with Crippen LogP contribution in [-0.4, -0.2) is 37.2 Å². The summed E-state index contributed by atoms with van der Waals surface area (Å²) in [5.74, 6) is -0.918. The lowest BCUT2D eigenvalue weighted by molar-refractivity contribution is -0.167. The molecule has 6 heteroatoms. The Labute approximate surface area is 444 Å². The predicted molar refractivity (Wildman–Crippen MR) is 311 cm³/mol. The van der Waals surface area contributed by atoms with Crippen LogP contribution in [0.4, 0.5) is 0 Å². The van der Waals surface area contributed by atoms with E-state index < -0.39 is 6.10 Å². The average molecular weight is 1000 g/mol. The molecule has 0 amide bonds. The van der Waals surface area contributed by atoms with Crippen LogP contribution in [0.15, 0.2) is 109 Å². The lowest BCUT2D eigenvalue weighted by atomic mass is 10.0. The van der Waals surface area contributed by atoms with E-state index in [0.29, 0.717) is 19.3 Å². The van der Waals surface area contributed by atoms with Gasteiger partial charge in [0.2, 0.25) is 0 Å². The molecule has 0 heterocycles. The SMILES string of the molecule is CC/C=C\C/C=C\C/C=C\C/C=C\C/C=C\C/C=C\C/C=C\C/C=C\C/C=C\CCCCCC(=O)OCC(COC(=O)CCCCCCCCCCCC)OC(=O)CCCCCCCCCCCCCCC. The number of rotatable bonds is 53. The van der Waals surface area contributed by atoms with Gasteiger partial charge in [-0.25, -0.2) is 0 Å². The van der Waals surface area contributed by atoms with Crippen molar-refractivity contribution in [3.8, 4) is 0 Å². The van der Waals surface area contributed by atoms with Gasteiger partial charge < -0.3 is 14.2 Å². The van der Waals surface area contributed by atoms with Crippen LogP contribution >= 0.6 is 0 Å². The van der Waals surface area contributed by atoms with Crippen molar-refractivity contribution in [1.29, 1.82) is 0 Å². The predicted octanol–water partition coefficient (Wildman–Crippen LogP) is 20.3. The summed E-state index contributed by atoms with van der Waals surface area (Å²) in [6, 6.07) is 0. The first kappa shape index (κ1) is 68.1. The van der Waals surface area contributed by atoms with Crippen LogP contribution in [0.3, 0.4) is 0 Å². The van der Waals surface area contributed by atoms with Gasteiger partial charge in [0.15, 0.2) is 6.10 Å². The molecule has 410 valence electrons. The smallest absolute Gasteiger partial charge is 0.306 e. The van der Waals surface area contributed by atoms with E-state index in [2.05, 4.69) is 130 Å². The number of carbonyl (C=O) groups is 3. The van der Waals surface area contributed by atoms with E-state index in [9.17, 15) is 14.4 Å². The Balaban J connectivity index is 4.29. The molecule has 0 bridgehead atoms. The van der Waals surface area contributed by atoms with E-state index >= 15 is 0 Å². The second-order valence-electron chi connectivity index (χ2n) is 19.5. The molecule has 0 aromatic carbocycles. The van der Waals surface area contributed by atoms with Crippen LogP contribution in [0, 0.1) is 0 Å². The largest absolute Gasteiger partial charge is 0.462 e. The zero-order chi connectivity index (χ0) is 52.2. The van der Waals surface area contributed by atoms with Crippen LogP contribution in [-0.2, 0) is 28.6 Å². The van der Waals surface area contributed by atoms with Crippen molar-refractivity contribution in [1.82, 2.24) is 0 Å². The molecule has 0 radical (unpaired) electrons. The van der Waals surface area contributed by atoms with E-state index in [1.54, 1.807) is 0 Å². The Hall–Kier alpha value is -3.93. The third-order valence-corrected chi connectivity index (χ3v) is 12.5. The molecule has 0 spiro atoms. The second kappa shape index (κ2) is 59.6. The van der Waals surface area contributed by atoms with Gasteiger partial charge in [-0.3, -0.25) is 14.4 Å². The third kappa shape index (κ3) is 57.0. The maximum Gasteiger partial charge on any atom is 0.306 e. The number of allylic oxidation sites excluding steroid dienone is 18. The highest BCUT2D eigenvalue weighted by atomic mass is 16.6. The second-order valence-corrected chi connectivity index (χ2v) is 19.5. The minimum Gasteiger partial charge on any atom is -0.462 e. The fourth-order valence-corrected chi connectivity index (χ4v) is 8.08. The zero-order valence-corrected chi connectivity index (χ0v) is 46.9. The van der Waals surface area contributed by atoms with E-state index in [-0.39, 0.29) is 31.1 Å². The summed E-state index contributed by atoms with van der Waals surface area (Å²) < 4.78 is 16.8. The zero-order valence-electron chi connectivity index (χ0n) is 46.9. The molecule has 0 rings (SSSR count). The molecule has 0 aromatic rings. The number of carbonyl (C=O) groups excluding carboxylic acids is 3. The van der Waals surface area contributed by atoms with Crippen molar-refractivity contribution in [3.05, 3.63) is 109 Å². The molecule has 6 nitrogen and oxygen atoms in total. The number of hydrogen-bond donors (Lipinski definition) is 0. The summed E-state index contributed by atoms with van der Waals surface area (Å²) in [5, 5.41) is 0. The van der Waals surface area contributed by atoms with Crippen molar-refractivity contribution >= 4 is 17.9 Å². The highest BCUT2D eigenvalue weighted by Crippen LogP contribution is 2.15. The number of ether oxygens (including phenoxy) is 3. The Morgan fingerprint density at radius 2 is 0.542 bits per heavy atom. The van der Waals surface area contributed by atoms with Gasteiger partial charge in [-0.2, -0.15) is 0 Å². The van der Waals surface area contributed by atoms with Gasteiger partial charge in [0.25, 0.3) is 0 Å². The van der Waals surface area contributed by atoms with E-state index in [4.69, 9.17) is 14.2 Å². The van der Waals surface area contributed by atoms with Gasteiger partial charge in [-0.1, -0.05) is 271 Å². The fraction of sp³-hybridized carbons (Fsp3) is 0.682. The summed E-state index contributed by atoms with van der Waals surface area (Å²) in [6.45, 7) is 6.49. The minimum absolute atomic E-state index is 0.0858. The Kier molecular flexibility index (Phi) is 56.4. The van der Waals surface area contributed by atoms with E-state index in [1.165, 1.54) is 109 Å². The average Bonchev–Trinajstić information content (AvgIpc) is 3.38. The molecule has 0 saturated carbocycles. The fourth-order valence-electron chi connectivity index (χ4n) is 8.08. The van der Waals surface area contributed by atoms with Gasteiger partial charge in [0, 0.05) is 19.3 Å². The van der Waals surface area contributed by atoms with Crippen LogP contribution in [0.2, 0.25) is 0 Å². The lowest BCUT2D eigenvalue weighted by Gasteiger charge is -2.18. The van der Waals surface area contributed by atoms with Crippen LogP contribution in [0.25, 0.3) is 0 Å². The molecule has 0 aliphatic carbocycles. The quantitative estimate of drug-likeness (QED) is 0.0261. The summed E-state index contributed by atoms with van der Waals surface area (Å²) in [7, 11) is 0. The van der Waals surface area contributed by atoms with Crippen molar-refractivity contribution in [2.45, 2.75) is 277 Å². The first-order valence-corrected chi connectivity index (χ1v) is 29.9. The van der Waals surface area contributed by atoms with Gasteiger partial charge in [-0.05, 0) is 89.9 Å². The Morgan fingerprint density at radius 1 is 0.292 bits per heavy atom. The highest BCUT2D eigenvalue weighted by molar-refractivity contribution is 5.71. The molecule has 0 aliphatic rings. The number of esters is 3. The maximum absolute atomic E-state index is 12.8. The first-order valence-electron chi connectivity index (χ1n) is 29.9. The number of unbranched alkanes of at least 4 members (excludes halogenated alkanes) is 24. The molecule has 0 aromatic heterocycles. The topological polar surface area (TPSA) is 78.9 Å². The molecule has 1 atom stereocenters. The summed E-state index contributed by atoms with van der Waals surface area (Å²) >= 11 is 0. The molecule has 0 fully saturated rings. The monoisotopic (exact) mass is 999 g/mol. The number of hydrogen-bond acceptors (Lipinski definition) is 6. The van der Waals surface area contributed by atoms with E-state index in [0.717, 1.165) is 122 Å². The van der Waals surface area contributed by atoms with Gasteiger partial charge >= 0.3 is 17.9 Å². The molecule has 1 unspecified atom stereocenters. The molecule has 0 aliphatic heterocycles. The van der Waals surface area contributed by atoms with Gasteiger partial charge in [0.1, 0.15) is 13.2 Å². The summed E-state index contributed by atoms with van der Waals surface area (Å²) in [4.78, 5) is 38.0.